The van der Waals surface area contributed by atoms with Gasteiger partial charge < -0.3 is 9.84 Å². The van der Waals surface area contributed by atoms with E-state index in [0.717, 1.165) is 37.1 Å². The van der Waals surface area contributed by atoms with Crippen LogP contribution in [-0.4, -0.2) is 41.8 Å². The van der Waals surface area contributed by atoms with Crippen LogP contribution in [0.2, 0.25) is 0 Å². The minimum Gasteiger partial charge on any atom is -0.469 e. The summed E-state index contributed by atoms with van der Waals surface area (Å²) in [5.74, 6) is -0.219. The summed E-state index contributed by atoms with van der Waals surface area (Å²) in [5, 5.41) is 10.2. The van der Waals surface area contributed by atoms with Crippen molar-refractivity contribution in [3.63, 3.8) is 0 Å². The molecular formula is C16H23NO3. The van der Waals surface area contributed by atoms with Crippen molar-refractivity contribution < 1.29 is 14.6 Å². The van der Waals surface area contributed by atoms with Crippen molar-refractivity contribution in [3.8, 4) is 0 Å². The Balaban J connectivity index is 2.07. The minimum atomic E-state index is -0.602. The first kappa shape index (κ1) is 15.0. The van der Waals surface area contributed by atoms with Crippen molar-refractivity contribution in [3.05, 3.63) is 35.4 Å². The van der Waals surface area contributed by atoms with Gasteiger partial charge >= 0.3 is 5.97 Å². The summed E-state index contributed by atoms with van der Waals surface area (Å²) in [6.45, 7) is 4.32. The van der Waals surface area contributed by atoms with Crippen LogP contribution < -0.4 is 0 Å². The Bertz CT molecular complexity index is 471. The molecule has 0 spiro atoms. The van der Waals surface area contributed by atoms with Gasteiger partial charge in [0.1, 0.15) is 0 Å². The van der Waals surface area contributed by atoms with Crippen LogP contribution in [0.3, 0.4) is 0 Å². The zero-order valence-corrected chi connectivity index (χ0v) is 12.3. The van der Waals surface area contributed by atoms with Crippen LogP contribution in [0, 0.1) is 0 Å². The fraction of sp³-hybridized carbons (Fsp3) is 0.562. The smallest absolute Gasteiger partial charge is 0.309 e. The van der Waals surface area contributed by atoms with Crippen LogP contribution in [0.5, 0.6) is 0 Å². The molecular weight excluding hydrogens is 254 g/mol. The molecule has 110 valence electrons. The Kier molecular flexibility index (Phi) is 4.78. The molecule has 1 aromatic rings. The molecule has 0 aliphatic carbocycles. The number of carbonyl (C=O) groups excluding carboxylic acids is 1. The standard InChI is InChI=1S/C16H23NO3/c1-16(19)8-5-9-17(12-16)11-14-7-4-3-6-13(14)10-15(18)20-2/h3-4,6-7,19H,5,8-12H2,1-2H3. The Morgan fingerprint density at radius 1 is 1.40 bits per heavy atom. The summed E-state index contributed by atoms with van der Waals surface area (Å²) >= 11 is 0. The van der Waals surface area contributed by atoms with Crippen LogP contribution in [0.4, 0.5) is 0 Å². The van der Waals surface area contributed by atoms with Crippen LogP contribution in [0.15, 0.2) is 24.3 Å². The second-order valence-electron chi connectivity index (χ2n) is 5.83. The number of hydrogen-bond donors (Lipinski definition) is 1. The first-order chi connectivity index (χ1) is 9.50. The van der Waals surface area contributed by atoms with Crippen molar-refractivity contribution in [2.45, 2.75) is 38.3 Å². The monoisotopic (exact) mass is 277 g/mol. The Morgan fingerprint density at radius 3 is 2.75 bits per heavy atom. The largest absolute Gasteiger partial charge is 0.469 e. The van der Waals surface area contributed by atoms with E-state index in [1.54, 1.807) is 0 Å². The zero-order chi connectivity index (χ0) is 14.6. The quantitative estimate of drug-likeness (QED) is 0.852. The van der Waals surface area contributed by atoms with Crippen molar-refractivity contribution in [2.75, 3.05) is 20.2 Å². The summed E-state index contributed by atoms with van der Waals surface area (Å²) in [4.78, 5) is 13.7. The first-order valence-corrected chi connectivity index (χ1v) is 7.08. The molecule has 1 saturated heterocycles. The van der Waals surface area contributed by atoms with Gasteiger partial charge in [-0.1, -0.05) is 24.3 Å². The molecule has 0 bridgehead atoms. The van der Waals surface area contributed by atoms with Crippen molar-refractivity contribution in [1.29, 1.82) is 0 Å². The Morgan fingerprint density at radius 2 is 2.10 bits per heavy atom. The number of benzene rings is 1. The van der Waals surface area contributed by atoms with E-state index in [4.69, 9.17) is 4.74 Å². The van der Waals surface area contributed by atoms with Gasteiger partial charge in [0.25, 0.3) is 0 Å². The van der Waals surface area contributed by atoms with E-state index in [0.29, 0.717) is 13.0 Å². The summed E-state index contributed by atoms with van der Waals surface area (Å²) in [6.07, 6.45) is 2.16. The van der Waals surface area contributed by atoms with Gasteiger partial charge in [0.15, 0.2) is 0 Å². The molecule has 0 saturated carbocycles. The number of β-amino-alcohol motifs (C(OH)–C–C–N with tert-alkyl or cyclic N) is 1. The molecule has 0 aromatic heterocycles. The molecule has 20 heavy (non-hydrogen) atoms. The molecule has 1 fully saturated rings. The maximum absolute atomic E-state index is 11.5. The van der Waals surface area contributed by atoms with Crippen molar-refractivity contribution in [2.24, 2.45) is 0 Å². The summed E-state index contributed by atoms with van der Waals surface area (Å²) in [6, 6.07) is 7.93. The van der Waals surface area contributed by atoms with E-state index in [-0.39, 0.29) is 5.97 Å². The van der Waals surface area contributed by atoms with Gasteiger partial charge in [-0.15, -0.1) is 0 Å². The zero-order valence-electron chi connectivity index (χ0n) is 12.3. The lowest BCUT2D eigenvalue weighted by molar-refractivity contribution is -0.139. The number of likely N-dealkylation sites (tertiary alicyclic amines) is 1. The predicted octanol–water partition coefficient (Wildman–Crippen LogP) is 1.75. The third-order valence-electron chi connectivity index (χ3n) is 3.83. The minimum absolute atomic E-state index is 0.219. The van der Waals surface area contributed by atoms with E-state index < -0.39 is 5.60 Å². The van der Waals surface area contributed by atoms with E-state index in [2.05, 4.69) is 4.90 Å². The molecule has 4 heteroatoms. The highest BCUT2D eigenvalue weighted by Crippen LogP contribution is 2.23. The first-order valence-electron chi connectivity index (χ1n) is 7.08. The fourth-order valence-electron chi connectivity index (χ4n) is 2.81. The highest BCUT2D eigenvalue weighted by molar-refractivity contribution is 5.72. The molecule has 0 amide bonds. The number of rotatable bonds is 4. The predicted molar refractivity (Wildman–Crippen MR) is 77.3 cm³/mol. The fourth-order valence-corrected chi connectivity index (χ4v) is 2.81. The molecule has 1 aliphatic heterocycles. The molecule has 1 heterocycles. The summed E-state index contributed by atoms with van der Waals surface area (Å²) in [7, 11) is 1.41. The van der Waals surface area contributed by atoms with E-state index in [1.165, 1.54) is 7.11 Å². The van der Waals surface area contributed by atoms with E-state index in [9.17, 15) is 9.90 Å². The highest BCUT2D eigenvalue weighted by atomic mass is 16.5. The van der Waals surface area contributed by atoms with Crippen LogP contribution in [-0.2, 0) is 22.5 Å². The average molecular weight is 277 g/mol. The molecule has 4 nitrogen and oxygen atoms in total. The Hall–Kier alpha value is -1.39. The van der Waals surface area contributed by atoms with Crippen LogP contribution >= 0.6 is 0 Å². The number of nitrogens with zero attached hydrogens (tertiary/aromatic N) is 1. The normalized spacial score (nSPS) is 23.6. The third-order valence-corrected chi connectivity index (χ3v) is 3.83. The second-order valence-corrected chi connectivity index (χ2v) is 5.83. The highest BCUT2D eigenvalue weighted by Gasteiger charge is 2.28. The van der Waals surface area contributed by atoms with Crippen molar-refractivity contribution >= 4 is 5.97 Å². The summed E-state index contributed by atoms with van der Waals surface area (Å²) in [5.41, 5.74) is 1.54. The number of carbonyl (C=O) groups is 1. The maximum atomic E-state index is 11.5. The van der Waals surface area contributed by atoms with Crippen molar-refractivity contribution in [1.82, 2.24) is 4.90 Å². The molecule has 0 radical (unpaired) electrons. The lowest BCUT2D eigenvalue weighted by Crippen LogP contribution is -2.45. The lowest BCUT2D eigenvalue weighted by atomic mass is 9.94. The molecule has 1 aliphatic rings. The van der Waals surface area contributed by atoms with Gasteiger partial charge in [-0.2, -0.15) is 0 Å². The summed E-state index contributed by atoms with van der Waals surface area (Å²) < 4.78 is 4.74. The Labute approximate surface area is 120 Å². The second kappa shape index (κ2) is 6.37. The van der Waals surface area contributed by atoms with Gasteiger partial charge in [-0.05, 0) is 37.4 Å². The van der Waals surface area contributed by atoms with Gasteiger partial charge in [0, 0.05) is 13.1 Å². The number of aliphatic hydroxyl groups is 1. The molecule has 2 rings (SSSR count). The van der Waals surface area contributed by atoms with E-state index in [1.807, 2.05) is 31.2 Å². The van der Waals surface area contributed by atoms with Crippen LogP contribution in [0.1, 0.15) is 30.9 Å². The van der Waals surface area contributed by atoms with Gasteiger partial charge in [0.2, 0.25) is 0 Å². The van der Waals surface area contributed by atoms with Gasteiger partial charge in [-0.25, -0.2) is 0 Å². The molecule has 1 aromatic carbocycles. The number of ether oxygens (including phenoxy) is 1. The lowest BCUT2D eigenvalue weighted by Gasteiger charge is -2.37. The third kappa shape index (κ3) is 4.05. The number of methoxy groups -OCH3 is 1. The number of esters is 1. The number of hydrogen-bond acceptors (Lipinski definition) is 4. The average Bonchev–Trinajstić information content (AvgIpc) is 2.39. The topological polar surface area (TPSA) is 49.8 Å². The van der Waals surface area contributed by atoms with E-state index >= 15 is 0 Å². The molecule has 1 N–H and O–H groups in total. The molecule has 1 atom stereocenters. The van der Waals surface area contributed by atoms with Gasteiger partial charge in [-0.3, -0.25) is 9.69 Å². The number of piperidine rings is 1. The SMILES string of the molecule is COC(=O)Cc1ccccc1CN1CCCC(C)(O)C1. The van der Waals surface area contributed by atoms with Crippen LogP contribution in [0.25, 0.3) is 0 Å². The molecule has 1 unspecified atom stereocenters. The maximum Gasteiger partial charge on any atom is 0.309 e. The van der Waals surface area contributed by atoms with Gasteiger partial charge in [0.05, 0.1) is 19.1 Å².